The molecule has 2 aromatic heterocycles. The molecule has 1 amide bonds. The number of nitrogens with zero attached hydrogens (tertiary/aromatic N) is 2. The number of para-hydroxylation sites is 1. The van der Waals surface area contributed by atoms with Crippen LogP contribution in [0.3, 0.4) is 0 Å². The second-order valence-corrected chi connectivity index (χ2v) is 8.53. The molecule has 150 valence electrons. The number of rotatable bonds is 5. The Morgan fingerprint density at radius 1 is 1.14 bits per heavy atom. The molecule has 2 aliphatic rings. The molecule has 1 saturated carbocycles. The maximum absolute atomic E-state index is 12.9. The van der Waals surface area contributed by atoms with E-state index in [1.807, 2.05) is 17.0 Å². The Balaban J connectivity index is 1.23. The monoisotopic (exact) mass is 388 g/mol. The number of pyridine rings is 1. The van der Waals surface area contributed by atoms with Crippen LogP contribution in [0.1, 0.15) is 53.2 Å². The van der Waals surface area contributed by atoms with Crippen molar-refractivity contribution >= 4 is 22.6 Å². The van der Waals surface area contributed by atoms with Crippen LogP contribution in [0.5, 0.6) is 0 Å². The van der Waals surface area contributed by atoms with Gasteiger partial charge < -0.3 is 15.2 Å². The Morgan fingerprint density at radius 3 is 2.66 bits per heavy atom. The van der Waals surface area contributed by atoms with Crippen LogP contribution in [0.25, 0.3) is 10.9 Å². The average Bonchev–Trinajstić information content (AvgIpc) is 3.53. The van der Waals surface area contributed by atoms with Gasteiger partial charge in [-0.1, -0.05) is 18.2 Å². The van der Waals surface area contributed by atoms with E-state index in [0.29, 0.717) is 11.5 Å². The lowest BCUT2D eigenvalue weighted by atomic mass is 9.87. The van der Waals surface area contributed by atoms with E-state index in [1.54, 1.807) is 6.20 Å². The molecule has 3 aromatic rings. The van der Waals surface area contributed by atoms with Crippen LogP contribution in [-0.2, 0) is 0 Å². The number of hydrogen-bond donors (Lipinski definition) is 2. The lowest BCUT2D eigenvalue weighted by Crippen LogP contribution is -2.38. The minimum atomic E-state index is 0.0975. The zero-order chi connectivity index (χ0) is 19.8. The maximum Gasteiger partial charge on any atom is 0.255 e. The fourth-order valence-electron chi connectivity index (χ4n) is 4.57. The van der Waals surface area contributed by atoms with Gasteiger partial charge >= 0.3 is 0 Å². The predicted octanol–water partition coefficient (Wildman–Crippen LogP) is 4.71. The van der Waals surface area contributed by atoms with Gasteiger partial charge in [0.05, 0.1) is 5.56 Å². The molecule has 5 nitrogen and oxygen atoms in total. The molecule has 0 spiro atoms. The topological polar surface area (TPSA) is 61.0 Å². The van der Waals surface area contributed by atoms with E-state index < -0.39 is 0 Å². The molecule has 1 aliphatic carbocycles. The molecule has 0 atom stereocenters. The summed E-state index contributed by atoms with van der Waals surface area (Å²) in [6, 6.07) is 12.4. The summed E-state index contributed by atoms with van der Waals surface area (Å²) in [5, 5.41) is 4.68. The number of likely N-dealkylation sites (tertiary alicyclic amines) is 1. The number of aromatic amines is 1. The van der Waals surface area contributed by atoms with E-state index in [4.69, 9.17) is 0 Å². The molecule has 2 N–H and O–H groups in total. The van der Waals surface area contributed by atoms with Gasteiger partial charge in [-0.3, -0.25) is 4.79 Å². The van der Waals surface area contributed by atoms with E-state index in [2.05, 4.69) is 46.5 Å². The first kappa shape index (κ1) is 18.2. The lowest BCUT2D eigenvalue weighted by molar-refractivity contribution is 0.0713. The summed E-state index contributed by atoms with van der Waals surface area (Å²) < 4.78 is 0. The number of nitrogens with one attached hydrogen (secondary N) is 2. The number of piperidine rings is 1. The van der Waals surface area contributed by atoms with Crippen molar-refractivity contribution in [1.29, 1.82) is 0 Å². The van der Waals surface area contributed by atoms with E-state index >= 15 is 0 Å². The second-order valence-electron chi connectivity index (χ2n) is 8.53. The largest absolute Gasteiger partial charge is 0.370 e. The summed E-state index contributed by atoms with van der Waals surface area (Å²) in [4.78, 5) is 22.8. The van der Waals surface area contributed by atoms with Crippen LogP contribution < -0.4 is 5.32 Å². The van der Waals surface area contributed by atoms with Crippen LogP contribution in [0, 0.1) is 12.8 Å². The third-order valence-corrected chi connectivity index (χ3v) is 6.41. The fourth-order valence-corrected chi connectivity index (χ4v) is 4.57. The zero-order valence-electron chi connectivity index (χ0n) is 16.9. The molecule has 0 radical (unpaired) electrons. The Kier molecular flexibility index (Phi) is 4.74. The summed E-state index contributed by atoms with van der Waals surface area (Å²) >= 11 is 0. The second kappa shape index (κ2) is 7.54. The van der Waals surface area contributed by atoms with Gasteiger partial charge in [0.1, 0.15) is 5.82 Å². The van der Waals surface area contributed by atoms with E-state index in [1.165, 1.54) is 35.0 Å². The maximum atomic E-state index is 12.9. The van der Waals surface area contributed by atoms with Crippen LogP contribution >= 0.6 is 0 Å². The highest BCUT2D eigenvalue weighted by Gasteiger charge is 2.27. The van der Waals surface area contributed by atoms with Gasteiger partial charge in [0, 0.05) is 42.4 Å². The normalized spacial score (nSPS) is 17.6. The zero-order valence-corrected chi connectivity index (χ0v) is 16.9. The van der Waals surface area contributed by atoms with Gasteiger partial charge in [-0.25, -0.2) is 4.98 Å². The molecule has 0 bridgehead atoms. The molecule has 2 fully saturated rings. The summed E-state index contributed by atoms with van der Waals surface area (Å²) in [6.07, 6.45) is 6.36. The number of anilines is 1. The van der Waals surface area contributed by atoms with Gasteiger partial charge in [-0.2, -0.15) is 0 Å². The van der Waals surface area contributed by atoms with Gasteiger partial charge in [0.15, 0.2) is 0 Å². The van der Waals surface area contributed by atoms with Crippen LogP contribution in [0.15, 0.2) is 42.6 Å². The van der Waals surface area contributed by atoms with Gasteiger partial charge in [-0.15, -0.1) is 0 Å². The minimum absolute atomic E-state index is 0.0975. The number of aryl methyl sites for hydroxylation is 1. The number of H-pyrrole nitrogens is 1. The van der Waals surface area contributed by atoms with Gasteiger partial charge in [-0.05, 0) is 68.2 Å². The van der Waals surface area contributed by atoms with Crippen LogP contribution in [0.4, 0.5) is 5.82 Å². The standard InChI is InChI=1S/C24H28N4O/c1-16-23(20-4-2-3-5-21(20)27-16)18-10-12-28(13-11-18)24(29)19-8-9-22(26-15-19)25-14-17-6-7-17/h2-5,8-9,15,17-18,27H,6-7,10-14H2,1H3,(H,25,26). The molecule has 1 aliphatic heterocycles. The average molecular weight is 389 g/mol. The summed E-state index contributed by atoms with van der Waals surface area (Å²) in [5.41, 5.74) is 4.58. The minimum Gasteiger partial charge on any atom is -0.370 e. The summed E-state index contributed by atoms with van der Waals surface area (Å²) in [7, 11) is 0. The molecular weight excluding hydrogens is 360 g/mol. The predicted molar refractivity (Wildman–Crippen MR) is 116 cm³/mol. The molecule has 29 heavy (non-hydrogen) atoms. The molecule has 1 aromatic carbocycles. The third-order valence-electron chi connectivity index (χ3n) is 6.41. The first-order valence-corrected chi connectivity index (χ1v) is 10.8. The van der Waals surface area contributed by atoms with Gasteiger partial charge in [0.25, 0.3) is 5.91 Å². The smallest absolute Gasteiger partial charge is 0.255 e. The first-order chi connectivity index (χ1) is 14.2. The van der Waals surface area contributed by atoms with Crippen molar-refractivity contribution in [2.75, 3.05) is 25.0 Å². The molecule has 1 saturated heterocycles. The van der Waals surface area contributed by atoms with Crippen molar-refractivity contribution in [1.82, 2.24) is 14.9 Å². The third kappa shape index (κ3) is 3.74. The fraction of sp³-hybridized carbons (Fsp3) is 0.417. The van der Waals surface area contributed by atoms with Crippen molar-refractivity contribution in [3.8, 4) is 0 Å². The Bertz CT molecular complexity index is 1010. The molecule has 0 unspecified atom stereocenters. The van der Waals surface area contributed by atoms with Crippen LogP contribution in [0.2, 0.25) is 0 Å². The van der Waals surface area contributed by atoms with E-state index in [-0.39, 0.29) is 5.91 Å². The number of amides is 1. The molecule has 5 heteroatoms. The van der Waals surface area contributed by atoms with Crippen molar-refractivity contribution in [2.24, 2.45) is 5.92 Å². The highest BCUT2D eigenvalue weighted by Crippen LogP contribution is 2.36. The van der Waals surface area contributed by atoms with Crippen molar-refractivity contribution in [2.45, 2.75) is 38.5 Å². The van der Waals surface area contributed by atoms with Crippen molar-refractivity contribution in [3.05, 3.63) is 59.4 Å². The SMILES string of the molecule is Cc1[nH]c2ccccc2c1C1CCN(C(=O)c2ccc(NCC3CC3)nc2)CC1. The number of aromatic nitrogens is 2. The van der Waals surface area contributed by atoms with Gasteiger partial charge in [0.2, 0.25) is 0 Å². The quantitative estimate of drug-likeness (QED) is 0.665. The Morgan fingerprint density at radius 2 is 1.93 bits per heavy atom. The number of fused-ring (bicyclic) bond motifs is 1. The molecule has 3 heterocycles. The van der Waals surface area contributed by atoms with Crippen LogP contribution in [-0.4, -0.2) is 40.4 Å². The van der Waals surface area contributed by atoms with E-state index in [0.717, 1.165) is 44.2 Å². The molecule has 5 rings (SSSR count). The highest BCUT2D eigenvalue weighted by molar-refractivity contribution is 5.94. The Hall–Kier alpha value is -2.82. The van der Waals surface area contributed by atoms with E-state index in [9.17, 15) is 4.79 Å². The first-order valence-electron chi connectivity index (χ1n) is 10.8. The van der Waals surface area contributed by atoms with Crippen molar-refractivity contribution < 1.29 is 4.79 Å². The number of carbonyl (C=O) groups is 1. The number of hydrogen-bond acceptors (Lipinski definition) is 3. The number of benzene rings is 1. The highest BCUT2D eigenvalue weighted by atomic mass is 16.2. The summed E-state index contributed by atoms with van der Waals surface area (Å²) in [6.45, 7) is 4.74. The lowest BCUT2D eigenvalue weighted by Gasteiger charge is -2.32. The van der Waals surface area contributed by atoms with Crippen molar-refractivity contribution in [3.63, 3.8) is 0 Å². The number of carbonyl (C=O) groups excluding carboxylic acids is 1. The molecular formula is C24H28N4O. The Labute approximate surface area is 171 Å². The summed E-state index contributed by atoms with van der Waals surface area (Å²) in [5.74, 6) is 2.27.